The standard InChI is InChI=1S/C7H5F2NO2/c8-5-2-1-4(3-6(5)9)12-7(10)11/h1-3H,(H2,10,11). The molecule has 3 nitrogen and oxygen atoms in total. The minimum atomic E-state index is -1.09. The van der Waals surface area contributed by atoms with Crippen LogP contribution in [0.25, 0.3) is 0 Å². The van der Waals surface area contributed by atoms with Crippen LogP contribution < -0.4 is 10.5 Å². The first kappa shape index (κ1) is 8.45. The van der Waals surface area contributed by atoms with E-state index in [-0.39, 0.29) is 5.75 Å². The van der Waals surface area contributed by atoms with Gasteiger partial charge in [0.25, 0.3) is 0 Å². The van der Waals surface area contributed by atoms with Gasteiger partial charge >= 0.3 is 6.09 Å². The third kappa shape index (κ3) is 1.91. The maximum atomic E-state index is 12.4. The highest BCUT2D eigenvalue weighted by molar-refractivity contribution is 5.67. The summed E-state index contributed by atoms with van der Waals surface area (Å²) < 4.78 is 29.0. The van der Waals surface area contributed by atoms with Crippen LogP contribution in [-0.4, -0.2) is 6.09 Å². The SMILES string of the molecule is NC(=O)Oc1ccc(F)c(F)c1. The fourth-order valence-electron chi connectivity index (χ4n) is 0.656. The number of halogens is 2. The van der Waals surface area contributed by atoms with Gasteiger partial charge in [-0.3, -0.25) is 0 Å². The molecule has 0 spiro atoms. The first-order valence-electron chi connectivity index (χ1n) is 3.02. The third-order valence-corrected chi connectivity index (χ3v) is 1.11. The molecule has 1 aromatic carbocycles. The fraction of sp³-hybridized carbons (Fsp3) is 0. The molecular weight excluding hydrogens is 168 g/mol. The minimum absolute atomic E-state index is 0.124. The van der Waals surface area contributed by atoms with Gasteiger partial charge in [0.15, 0.2) is 11.6 Å². The Labute approximate surface area is 66.7 Å². The number of rotatable bonds is 1. The number of carbonyl (C=O) groups excluding carboxylic acids is 1. The van der Waals surface area contributed by atoms with Gasteiger partial charge in [0.05, 0.1) is 0 Å². The molecule has 1 rings (SSSR count). The smallest absolute Gasteiger partial charge is 0.409 e. The molecule has 0 radical (unpaired) electrons. The topological polar surface area (TPSA) is 52.3 Å². The minimum Gasteiger partial charge on any atom is -0.410 e. The molecule has 0 aliphatic carbocycles. The van der Waals surface area contributed by atoms with Crippen molar-refractivity contribution in [2.24, 2.45) is 5.73 Å². The number of carbonyl (C=O) groups is 1. The molecule has 0 atom stereocenters. The quantitative estimate of drug-likeness (QED) is 0.698. The van der Waals surface area contributed by atoms with E-state index in [9.17, 15) is 13.6 Å². The normalized spacial score (nSPS) is 9.50. The summed E-state index contributed by atoms with van der Waals surface area (Å²) in [4.78, 5) is 10.1. The number of amides is 1. The Morgan fingerprint density at radius 3 is 2.50 bits per heavy atom. The van der Waals surface area contributed by atoms with Gasteiger partial charge in [0, 0.05) is 6.07 Å². The molecule has 1 amide bonds. The Balaban J connectivity index is 2.89. The highest BCUT2D eigenvalue weighted by atomic mass is 19.2. The molecule has 0 heterocycles. The second-order valence-electron chi connectivity index (χ2n) is 2.00. The molecule has 0 saturated carbocycles. The predicted octanol–water partition coefficient (Wildman–Crippen LogP) is 1.42. The summed E-state index contributed by atoms with van der Waals surface area (Å²) in [5, 5.41) is 0. The van der Waals surface area contributed by atoms with Crippen LogP contribution in [0.2, 0.25) is 0 Å². The number of hydrogen-bond acceptors (Lipinski definition) is 2. The van der Waals surface area contributed by atoms with Crippen molar-refractivity contribution in [3.05, 3.63) is 29.8 Å². The number of nitrogens with two attached hydrogens (primary N) is 1. The Bertz CT molecular complexity index is 314. The molecular formula is C7H5F2NO2. The van der Waals surface area contributed by atoms with Crippen molar-refractivity contribution in [3.63, 3.8) is 0 Å². The first-order valence-corrected chi connectivity index (χ1v) is 3.02. The van der Waals surface area contributed by atoms with Crippen LogP contribution in [0.4, 0.5) is 13.6 Å². The Morgan fingerprint density at radius 1 is 1.33 bits per heavy atom. The van der Waals surface area contributed by atoms with E-state index in [1.807, 2.05) is 0 Å². The lowest BCUT2D eigenvalue weighted by molar-refractivity contribution is 0.210. The van der Waals surface area contributed by atoms with Crippen LogP contribution in [0.3, 0.4) is 0 Å². The zero-order valence-corrected chi connectivity index (χ0v) is 5.88. The molecule has 2 N–H and O–H groups in total. The monoisotopic (exact) mass is 173 g/mol. The first-order chi connectivity index (χ1) is 5.59. The Kier molecular flexibility index (Phi) is 2.23. The largest absolute Gasteiger partial charge is 0.410 e. The van der Waals surface area contributed by atoms with Crippen LogP contribution in [0, 0.1) is 11.6 Å². The van der Waals surface area contributed by atoms with Gasteiger partial charge in [0.2, 0.25) is 0 Å². The van der Waals surface area contributed by atoms with Crippen LogP contribution in [0.15, 0.2) is 18.2 Å². The van der Waals surface area contributed by atoms with Crippen molar-refractivity contribution >= 4 is 6.09 Å². The van der Waals surface area contributed by atoms with Gasteiger partial charge in [-0.25, -0.2) is 13.6 Å². The van der Waals surface area contributed by atoms with Gasteiger partial charge in [-0.1, -0.05) is 0 Å². The molecule has 0 unspecified atom stereocenters. The van der Waals surface area contributed by atoms with E-state index in [0.29, 0.717) is 0 Å². The molecule has 12 heavy (non-hydrogen) atoms. The predicted molar refractivity (Wildman–Crippen MR) is 36.6 cm³/mol. The Hall–Kier alpha value is -1.65. The summed E-state index contributed by atoms with van der Waals surface area (Å²) in [7, 11) is 0. The van der Waals surface area contributed by atoms with E-state index >= 15 is 0 Å². The maximum Gasteiger partial charge on any atom is 0.409 e. The van der Waals surface area contributed by atoms with E-state index in [0.717, 1.165) is 18.2 Å². The average molecular weight is 173 g/mol. The highest BCUT2D eigenvalue weighted by Crippen LogP contribution is 2.14. The van der Waals surface area contributed by atoms with Crippen molar-refractivity contribution in [3.8, 4) is 5.75 Å². The molecule has 0 saturated heterocycles. The van der Waals surface area contributed by atoms with Crippen molar-refractivity contribution in [2.45, 2.75) is 0 Å². The van der Waals surface area contributed by atoms with E-state index < -0.39 is 17.7 Å². The molecule has 1 aromatic rings. The number of benzene rings is 1. The van der Waals surface area contributed by atoms with Crippen molar-refractivity contribution in [2.75, 3.05) is 0 Å². The molecule has 5 heteroatoms. The summed E-state index contributed by atoms with van der Waals surface area (Å²) in [6, 6.07) is 2.68. The lowest BCUT2D eigenvalue weighted by atomic mass is 10.3. The molecule has 0 aromatic heterocycles. The van der Waals surface area contributed by atoms with Crippen LogP contribution in [0.5, 0.6) is 5.75 Å². The number of hydrogen-bond donors (Lipinski definition) is 1. The van der Waals surface area contributed by atoms with Crippen molar-refractivity contribution in [1.82, 2.24) is 0 Å². The van der Waals surface area contributed by atoms with E-state index in [4.69, 9.17) is 0 Å². The van der Waals surface area contributed by atoms with Crippen LogP contribution in [-0.2, 0) is 0 Å². The lowest BCUT2D eigenvalue weighted by Crippen LogP contribution is -2.16. The maximum absolute atomic E-state index is 12.4. The fourth-order valence-corrected chi connectivity index (χ4v) is 0.656. The number of ether oxygens (including phenoxy) is 1. The molecule has 0 bridgehead atoms. The summed E-state index contributed by atoms with van der Waals surface area (Å²) in [5.41, 5.74) is 4.64. The summed E-state index contributed by atoms with van der Waals surface area (Å²) in [6.07, 6.45) is -1.07. The molecule has 0 fully saturated rings. The second-order valence-corrected chi connectivity index (χ2v) is 2.00. The zero-order chi connectivity index (χ0) is 9.14. The molecule has 0 aliphatic heterocycles. The van der Waals surface area contributed by atoms with Crippen molar-refractivity contribution in [1.29, 1.82) is 0 Å². The zero-order valence-electron chi connectivity index (χ0n) is 5.88. The summed E-state index contributed by atoms with van der Waals surface area (Å²) >= 11 is 0. The third-order valence-electron chi connectivity index (χ3n) is 1.11. The Morgan fingerprint density at radius 2 is 2.00 bits per heavy atom. The van der Waals surface area contributed by atoms with Gasteiger partial charge in [-0.05, 0) is 12.1 Å². The van der Waals surface area contributed by atoms with Crippen LogP contribution in [0.1, 0.15) is 0 Å². The van der Waals surface area contributed by atoms with Gasteiger partial charge in [0.1, 0.15) is 5.75 Å². The molecule has 64 valence electrons. The lowest BCUT2D eigenvalue weighted by Gasteiger charge is -1.99. The highest BCUT2D eigenvalue weighted by Gasteiger charge is 2.04. The van der Waals surface area contributed by atoms with Crippen LogP contribution >= 0.6 is 0 Å². The number of primary amides is 1. The second kappa shape index (κ2) is 3.17. The van der Waals surface area contributed by atoms with Gasteiger partial charge in [-0.2, -0.15) is 0 Å². The van der Waals surface area contributed by atoms with Crippen molar-refractivity contribution < 1.29 is 18.3 Å². The van der Waals surface area contributed by atoms with Gasteiger partial charge in [-0.15, -0.1) is 0 Å². The van der Waals surface area contributed by atoms with E-state index in [1.165, 1.54) is 0 Å². The summed E-state index contributed by atoms with van der Waals surface area (Å²) in [5.74, 6) is -2.22. The summed E-state index contributed by atoms with van der Waals surface area (Å²) in [6.45, 7) is 0. The molecule has 0 aliphatic rings. The van der Waals surface area contributed by atoms with E-state index in [1.54, 1.807) is 0 Å². The average Bonchev–Trinajstić information content (AvgIpc) is 1.96. The van der Waals surface area contributed by atoms with Gasteiger partial charge < -0.3 is 10.5 Å². The van der Waals surface area contributed by atoms with E-state index in [2.05, 4.69) is 10.5 Å².